The Morgan fingerprint density at radius 2 is 2.10 bits per heavy atom. The van der Waals surface area contributed by atoms with Crippen LogP contribution in [0.4, 0.5) is 5.69 Å². The van der Waals surface area contributed by atoms with E-state index in [0.29, 0.717) is 11.3 Å². The highest BCUT2D eigenvalue weighted by Gasteiger charge is 2.24. The summed E-state index contributed by atoms with van der Waals surface area (Å²) in [6.45, 7) is 0. The number of hydrogen-bond donors (Lipinski definition) is 3. The van der Waals surface area contributed by atoms with Crippen molar-refractivity contribution in [2.24, 2.45) is 0 Å². The molecule has 3 N–H and O–H groups in total. The summed E-state index contributed by atoms with van der Waals surface area (Å²) in [6, 6.07) is 6.99. The minimum Gasteiger partial charge on any atom is -0.478 e. The van der Waals surface area contributed by atoms with Gasteiger partial charge >= 0.3 is 5.97 Å². The lowest BCUT2D eigenvalue weighted by Crippen LogP contribution is -2.03. The van der Waals surface area contributed by atoms with Crippen LogP contribution in [0.3, 0.4) is 0 Å². The second kappa shape index (κ2) is 4.64. The molecule has 1 aromatic carbocycles. The lowest BCUT2D eigenvalue weighted by atomic mass is 10.1. The maximum atomic E-state index is 12.0. The molecular formula is C14H9BrN2O3. The van der Waals surface area contributed by atoms with Gasteiger partial charge in [-0.05, 0) is 30.3 Å². The van der Waals surface area contributed by atoms with Gasteiger partial charge in [-0.25, -0.2) is 4.79 Å². The second-order valence-electron chi connectivity index (χ2n) is 4.35. The van der Waals surface area contributed by atoms with E-state index in [9.17, 15) is 9.59 Å². The molecule has 20 heavy (non-hydrogen) atoms. The average molecular weight is 333 g/mol. The quantitative estimate of drug-likeness (QED) is 0.739. The van der Waals surface area contributed by atoms with Gasteiger partial charge in [-0.2, -0.15) is 0 Å². The molecule has 1 aromatic heterocycles. The Bertz CT molecular complexity index is 762. The highest BCUT2D eigenvalue weighted by atomic mass is 79.9. The van der Waals surface area contributed by atoms with Gasteiger partial charge < -0.3 is 15.4 Å². The van der Waals surface area contributed by atoms with Crippen molar-refractivity contribution < 1.29 is 14.7 Å². The van der Waals surface area contributed by atoms with Gasteiger partial charge in [0.2, 0.25) is 0 Å². The Morgan fingerprint density at radius 1 is 1.30 bits per heavy atom. The Morgan fingerprint density at radius 3 is 2.80 bits per heavy atom. The van der Waals surface area contributed by atoms with E-state index in [1.165, 1.54) is 12.3 Å². The number of hydrogen-bond acceptors (Lipinski definition) is 2. The van der Waals surface area contributed by atoms with Crippen LogP contribution in [-0.2, 0) is 4.79 Å². The maximum absolute atomic E-state index is 12.0. The van der Waals surface area contributed by atoms with Crippen LogP contribution in [0, 0.1) is 0 Å². The number of aromatic amines is 1. The molecule has 2 aromatic rings. The first-order valence-electron chi connectivity index (χ1n) is 5.79. The molecule has 100 valence electrons. The predicted molar refractivity (Wildman–Crippen MR) is 78.4 cm³/mol. The second-order valence-corrected chi connectivity index (χ2v) is 5.27. The Labute approximate surface area is 122 Å². The number of carbonyl (C=O) groups is 2. The average Bonchev–Trinajstić information content (AvgIpc) is 2.97. The first-order valence-corrected chi connectivity index (χ1v) is 6.58. The zero-order valence-electron chi connectivity index (χ0n) is 10.1. The summed E-state index contributed by atoms with van der Waals surface area (Å²) in [5.41, 5.74) is 2.76. The highest BCUT2D eigenvalue weighted by molar-refractivity contribution is 9.10. The fourth-order valence-electron chi connectivity index (χ4n) is 2.08. The summed E-state index contributed by atoms with van der Waals surface area (Å²) in [5.74, 6) is -1.21. The molecule has 0 fully saturated rings. The van der Waals surface area contributed by atoms with Crippen molar-refractivity contribution in [3.8, 4) is 0 Å². The molecule has 6 heteroatoms. The molecule has 0 unspecified atom stereocenters. The largest absolute Gasteiger partial charge is 0.478 e. The summed E-state index contributed by atoms with van der Waals surface area (Å²) < 4.78 is 0.872. The fourth-order valence-corrected chi connectivity index (χ4v) is 2.44. The summed E-state index contributed by atoms with van der Waals surface area (Å²) in [6.07, 6.45) is 3.03. The van der Waals surface area contributed by atoms with Crippen molar-refractivity contribution >= 4 is 45.1 Å². The smallest absolute Gasteiger partial charge is 0.337 e. The number of amides is 1. The topological polar surface area (TPSA) is 82.2 Å². The maximum Gasteiger partial charge on any atom is 0.337 e. The molecule has 5 nitrogen and oxygen atoms in total. The number of H-pyrrole nitrogens is 1. The minimum atomic E-state index is -1.01. The van der Waals surface area contributed by atoms with E-state index in [2.05, 4.69) is 26.2 Å². The van der Waals surface area contributed by atoms with Crippen LogP contribution < -0.4 is 5.32 Å². The fraction of sp³-hybridized carbons (Fsp3) is 0. The standard InChI is InChI=1S/C14H9BrN2O3/c15-8-1-2-12-10(4-8)11(13(18)17-12)5-9-3-7(6-16-9)14(19)20/h1-6,16H,(H,17,18)(H,19,20)/b11-5-. The number of carboxylic acid groups (broad SMARTS) is 1. The van der Waals surface area contributed by atoms with Gasteiger partial charge in [0.15, 0.2) is 0 Å². The molecule has 0 bridgehead atoms. The normalized spacial score (nSPS) is 15.2. The molecule has 0 aliphatic carbocycles. The Balaban J connectivity index is 2.05. The van der Waals surface area contributed by atoms with E-state index in [1.807, 2.05) is 18.2 Å². The van der Waals surface area contributed by atoms with Crippen LogP contribution in [0.1, 0.15) is 21.6 Å². The SMILES string of the molecule is O=C1Nc2ccc(Br)cc2/C1=C/c1cc(C(=O)O)c[nH]1. The first kappa shape index (κ1) is 12.7. The number of aromatic nitrogens is 1. The van der Waals surface area contributed by atoms with Crippen LogP contribution in [0.15, 0.2) is 34.9 Å². The van der Waals surface area contributed by atoms with Gasteiger partial charge in [-0.3, -0.25) is 4.79 Å². The number of rotatable bonds is 2. The summed E-state index contributed by atoms with van der Waals surface area (Å²) in [7, 11) is 0. The van der Waals surface area contributed by atoms with Gasteiger partial charge in [0.25, 0.3) is 5.91 Å². The molecule has 1 aliphatic rings. The van der Waals surface area contributed by atoms with Gasteiger partial charge in [-0.1, -0.05) is 15.9 Å². The number of aromatic carboxylic acids is 1. The third kappa shape index (κ3) is 2.14. The van der Waals surface area contributed by atoms with Crippen LogP contribution in [0.5, 0.6) is 0 Å². The predicted octanol–water partition coefficient (Wildman–Crippen LogP) is 2.97. The Hall–Kier alpha value is -2.34. The number of carboxylic acids is 1. The van der Waals surface area contributed by atoms with E-state index < -0.39 is 5.97 Å². The van der Waals surface area contributed by atoms with Crippen molar-refractivity contribution in [1.29, 1.82) is 0 Å². The van der Waals surface area contributed by atoms with Crippen LogP contribution in [-0.4, -0.2) is 22.0 Å². The number of nitrogens with one attached hydrogen (secondary N) is 2. The molecule has 0 radical (unpaired) electrons. The van der Waals surface area contributed by atoms with Crippen molar-refractivity contribution in [3.05, 3.63) is 51.8 Å². The van der Waals surface area contributed by atoms with E-state index in [0.717, 1.165) is 15.7 Å². The van der Waals surface area contributed by atoms with Crippen molar-refractivity contribution in [2.45, 2.75) is 0 Å². The third-order valence-corrected chi connectivity index (χ3v) is 3.51. The molecule has 1 aliphatic heterocycles. The van der Waals surface area contributed by atoms with Gasteiger partial charge in [-0.15, -0.1) is 0 Å². The highest BCUT2D eigenvalue weighted by Crippen LogP contribution is 2.34. The first-order chi connectivity index (χ1) is 9.54. The Kier molecular flexibility index (Phi) is 2.94. The van der Waals surface area contributed by atoms with E-state index in [4.69, 9.17) is 5.11 Å². The molecule has 2 heterocycles. The number of fused-ring (bicyclic) bond motifs is 1. The summed E-state index contributed by atoms with van der Waals surface area (Å²) >= 11 is 3.37. The van der Waals surface area contributed by atoms with Crippen molar-refractivity contribution in [1.82, 2.24) is 4.98 Å². The molecular weight excluding hydrogens is 324 g/mol. The molecule has 3 rings (SSSR count). The van der Waals surface area contributed by atoms with Gasteiger partial charge in [0, 0.05) is 27.6 Å². The van der Waals surface area contributed by atoms with Crippen molar-refractivity contribution in [2.75, 3.05) is 5.32 Å². The molecule has 0 atom stereocenters. The van der Waals surface area contributed by atoms with Crippen LogP contribution in [0.2, 0.25) is 0 Å². The zero-order chi connectivity index (χ0) is 14.3. The van der Waals surface area contributed by atoms with Crippen LogP contribution >= 0.6 is 15.9 Å². The van der Waals surface area contributed by atoms with Gasteiger partial charge in [0.05, 0.1) is 11.1 Å². The minimum absolute atomic E-state index is 0.157. The molecule has 0 spiro atoms. The van der Waals surface area contributed by atoms with Gasteiger partial charge in [0.1, 0.15) is 0 Å². The molecule has 1 amide bonds. The number of benzene rings is 1. The third-order valence-electron chi connectivity index (χ3n) is 3.02. The lowest BCUT2D eigenvalue weighted by molar-refractivity contribution is -0.110. The monoisotopic (exact) mass is 332 g/mol. The van der Waals surface area contributed by atoms with E-state index >= 15 is 0 Å². The lowest BCUT2D eigenvalue weighted by Gasteiger charge is -1.98. The molecule has 0 saturated carbocycles. The van der Waals surface area contributed by atoms with E-state index in [1.54, 1.807) is 6.08 Å². The number of halogens is 1. The zero-order valence-corrected chi connectivity index (χ0v) is 11.7. The van der Waals surface area contributed by atoms with Crippen LogP contribution in [0.25, 0.3) is 11.6 Å². The van der Waals surface area contributed by atoms with E-state index in [-0.39, 0.29) is 11.5 Å². The summed E-state index contributed by atoms with van der Waals surface area (Å²) in [5, 5.41) is 11.6. The van der Waals surface area contributed by atoms with Crippen molar-refractivity contribution in [3.63, 3.8) is 0 Å². The summed E-state index contributed by atoms with van der Waals surface area (Å²) in [4.78, 5) is 25.6. The number of anilines is 1. The number of carbonyl (C=O) groups excluding carboxylic acids is 1. The molecule has 0 saturated heterocycles.